The van der Waals surface area contributed by atoms with Gasteiger partial charge in [0.25, 0.3) is 10.1 Å². The van der Waals surface area contributed by atoms with Crippen LogP contribution in [0.2, 0.25) is 0 Å². The van der Waals surface area contributed by atoms with Gasteiger partial charge in [-0.25, -0.2) is 4.18 Å². The molecule has 0 amide bonds. The minimum atomic E-state index is -3.80. The fourth-order valence-electron chi connectivity index (χ4n) is 6.07. The largest absolute Gasteiger partial charge is 0.379 e. The summed E-state index contributed by atoms with van der Waals surface area (Å²) in [6.45, 7) is 7.32. The van der Waals surface area contributed by atoms with Crippen molar-refractivity contribution in [3.63, 3.8) is 0 Å². The Balaban J connectivity index is 1.10. The van der Waals surface area contributed by atoms with E-state index in [1.807, 2.05) is 23.4 Å². The van der Waals surface area contributed by atoms with Gasteiger partial charge in [0.15, 0.2) is 0 Å². The highest BCUT2D eigenvalue weighted by Gasteiger charge is 2.28. The van der Waals surface area contributed by atoms with E-state index in [2.05, 4.69) is 6.92 Å². The highest BCUT2D eigenvalue weighted by molar-refractivity contribution is 8.03. The summed E-state index contributed by atoms with van der Waals surface area (Å²) < 4.78 is 42.8. The highest BCUT2D eigenvalue weighted by atomic mass is 32.2. The highest BCUT2D eigenvalue weighted by Crippen LogP contribution is 2.30. The van der Waals surface area contributed by atoms with E-state index < -0.39 is 15.7 Å². The van der Waals surface area contributed by atoms with Gasteiger partial charge in [-0.1, -0.05) is 126 Å². The van der Waals surface area contributed by atoms with Crippen LogP contribution < -0.4 is 0 Å². The molecule has 0 bridgehead atoms. The average Bonchev–Trinajstić information content (AvgIpc) is 3.65. The molecule has 0 aromatic heterocycles. The summed E-state index contributed by atoms with van der Waals surface area (Å²) in [6, 6.07) is 6.77. The predicted molar refractivity (Wildman–Crippen MR) is 184 cm³/mol. The minimum absolute atomic E-state index is 0.195. The Labute approximate surface area is 274 Å². The van der Waals surface area contributed by atoms with Crippen LogP contribution in [0.15, 0.2) is 40.8 Å². The number of thioether (sulfide) groups is 1. The van der Waals surface area contributed by atoms with Crippen LogP contribution in [0.4, 0.5) is 0 Å². The molecule has 252 valence electrons. The zero-order valence-electron chi connectivity index (χ0n) is 27.8. The molecule has 0 radical (unpaired) electrons. The lowest BCUT2D eigenvalue weighted by atomic mass is 9.97. The zero-order chi connectivity index (χ0) is 31.3. The molecule has 3 rings (SSSR count). The van der Waals surface area contributed by atoms with Gasteiger partial charge in [0.05, 0.1) is 17.6 Å². The summed E-state index contributed by atoms with van der Waals surface area (Å²) in [7, 11) is -3.80. The Morgan fingerprint density at radius 2 is 1.45 bits per heavy atom. The SMILES string of the molecule is CCCCCCCCCCCCCCCCC1COC(COCCCCCN2C=CSC2OS(=O)(=O)c2ccc(C)cc2)C1. The van der Waals surface area contributed by atoms with Crippen molar-refractivity contribution in [2.24, 2.45) is 5.92 Å². The molecule has 2 aliphatic rings. The monoisotopic (exact) mass is 651 g/mol. The summed E-state index contributed by atoms with van der Waals surface area (Å²) in [6.07, 6.45) is 27.4. The quantitative estimate of drug-likeness (QED) is 0.0730. The van der Waals surface area contributed by atoms with Crippen LogP contribution in [0, 0.1) is 12.8 Å². The molecule has 2 aliphatic heterocycles. The lowest BCUT2D eigenvalue weighted by Gasteiger charge is -2.24. The smallest absolute Gasteiger partial charge is 0.299 e. The molecule has 6 nitrogen and oxygen atoms in total. The van der Waals surface area contributed by atoms with E-state index in [-0.39, 0.29) is 11.0 Å². The van der Waals surface area contributed by atoms with Crippen molar-refractivity contribution in [3.8, 4) is 0 Å². The van der Waals surface area contributed by atoms with Crippen LogP contribution in [0.5, 0.6) is 0 Å². The molecule has 0 saturated carbocycles. The molecule has 0 spiro atoms. The van der Waals surface area contributed by atoms with Gasteiger partial charge in [0.2, 0.25) is 5.56 Å². The standard InChI is InChI=1S/C36H61NO5S2/c1-3-4-5-6-7-8-9-10-11-12-13-14-15-17-20-33-29-34(41-30-33)31-40-27-19-16-18-25-37-26-28-43-36(37)42-44(38,39)35-23-21-32(2)22-24-35/h21-24,26,28,33-34,36H,3-20,25,27,29-31H2,1-2H3. The second kappa shape index (κ2) is 22.5. The number of benzene rings is 1. The van der Waals surface area contributed by atoms with Crippen molar-refractivity contribution in [1.82, 2.24) is 4.90 Å². The van der Waals surface area contributed by atoms with Gasteiger partial charge in [-0.05, 0) is 62.5 Å². The second-order valence-electron chi connectivity index (χ2n) is 12.9. The van der Waals surface area contributed by atoms with Gasteiger partial charge < -0.3 is 14.4 Å². The normalized spacial score (nSPS) is 20.2. The molecule has 1 aromatic rings. The molecule has 1 fully saturated rings. The first-order valence-electron chi connectivity index (χ1n) is 17.7. The van der Waals surface area contributed by atoms with Crippen LogP contribution in [0.3, 0.4) is 0 Å². The van der Waals surface area contributed by atoms with E-state index >= 15 is 0 Å². The van der Waals surface area contributed by atoms with Crippen LogP contribution in [0.25, 0.3) is 0 Å². The Hall–Kier alpha value is -1.06. The Morgan fingerprint density at radius 3 is 2.11 bits per heavy atom. The third-order valence-electron chi connectivity index (χ3n) is 8.88. The van der Waals surface area contributed by atoms with Gasteiger partial charge in [0, 0.05) is 26.0 Å². The number of nitrogens with zero attached hydrogens (tertiary/aromatic N) is 1. The van der Waals surface area contributed by atoms with Crippen molar-refractivity contribution < 1.29 is 22.1 Å². The maximum atomic E-state index is 12.7. The molecule has 44 heavy (non-hydrogen) atoms. The average molecular weight is 652 g/mol. The summed E-state index contributed by atoms with van der Waals surface area (Å²) in [5.41, 5.74) is 0.469. The summed E-state index contributed by atoms with van der Waals surface area (Å²) in [4.78, 5) is 2.15. The summed E-state index contributed by atoms with van der Waals surface area (Å²) in [5, 5.41) is 1.90. The summed E-state index contributed by atoms with van der Waals surface area (Å²) >= 11 is 1.38. The van der Waals surface area contributed by atoms with E-state index in [1.165, 1.54) is 108 Å². The first-order valence-corrected chi connectivity index (χ1v) is 20.1. The Kier molecular flexibility index (Phi) is 19.1. The predicted octanol–water partition coefficient (Wildman–Crippen LogP) is 9.97. The molecule has 2 heterocycles. The molecule has 0 aliphatic carbocycles. The molecule has 3 unspecified atom stereocenters. The van der Waals surface area contributed by atoms with Crippen molar-refractivity contribution in [2.75, 3.05) is 26.4 Å². The first-order chi connectivity index (χ1) is 21.5. The molecular formula is C36H61NO5S2. The van der Waals surface area contributed by atoms with E-state index in [0.29, 0.717) is 12.5 Å². The maximum Gasteiger partial charge on any atom is 0.299 e. The van der Waals surface area contributed by atoms with Crippen LogP contribution in [-0.4, -0.2) is 51.3 Å². The van der Waals surface area contributed by atoms with Crippen LogP contribution in [0.1, 0.15) is 134 Å². The maximum absolute atomic E-state index is 12.7. The second-order valence-corrected chi connectivity index (χ2v) is 15.4. The lowest BCUT2D eigenvalue weighted by molar-refractivity contribution is 0.0152. The Morgan fingerprint density at radius 1 is 0.841 bits per heavy atom. The van der Waals surface area contributed by atoms with E-state index in [1.54, 1.807) is 24.3 Å². The molecule has 3 atom stereocenters. The zero-order valence-corrected chi connectivity index (χ0v) is 29.4. The van der Waals surface area contributed by atoms with Crippen molar-refractivity contribution in [1.29, 1.82) is 0 Å². The van der Waals surface area contributed by atoms with Gasteiger partial charge >= 0.3 is 0 Å². The van der Waals surface area contributed by atoms with Gasteiger partial charge in [-0.3, -0.25) is 0 Å². The number of rotatable bonds is 26. The first kappa shape index (κ1) is 37.4. The number of hydrogen-bond donors (Lipinski definition) is 0. The fourth-order valence-corrected chi connectivity index (χ4v) is 8.16. The third-order valence-corrected chi connectivity index (χ3v) is 11.2. The molecule has 0 N–H and O–H groups in total. The van der Waals surface area contributed by atoms with Crippen molar-refractivity contribution >= 4 is 21.9 Å². The van der Waals surface area contributed by atoms with E-state index in [9.17, 15) is 8.42 Å². The summed E-state index contributed by atoms with van der Waals surface area (Å²) in [5.74, 6) is 0.706. The number of unbranched alkanes of at least 4 members (excludes halogenated alkanes) is 15. The topological polar surface area (TPSA) is 65.1 Å². The van der Waals surface area contributed by atoms with Gasteiger partial charge in [-0.15, -0.1) is 0 Å². The number of hydrogen-bond acceptors (Lipinski definition) is 7. The molecular weight excluding hydrogens is 591 g/mol. The van der Waals surface area contributed by atoms with E-state index in [4.69, 9.17) is 13.7 Å². The Bertz CT molecular complexity index is 1000. The number of aryl methyl sites for hydroxylation is 1. The fraction of sp³-hybridized carbons (Fsp3) is 0.778. The molecule has 1 aromatic carbocycles. The van der Waals surface area contributed by atoms with Gasteiger partial charge in [0.1, 0.15) is 0 Å². The lowest BCUT2D eigenvalue weighted by Crippen LogP contribution is -2.30. The number of ether oxygens (including phenoxy) is 2. The van der Waals surface area contributed by atoms with Crippen molar-refractivity contribution in [3.05, 3.63) is 41.4 Å². The third kappa shape index (κ3) is 15.5. The van der Waals surface area contributed by atoms with Gasteiger partial charge in [-0.2, -0.15) is 8.42 Å². The van der Waals surface area contributed by atoms with Crippen LogP contribution >= 0.6 is 11.8 Å². The molecule has 8 heteroatoms. The van der Waals surface area contributed by atoms with E-state index in [0.717, 1.165) is 51.0 Å². The van der Waals surface area contributed by atoms with Crippen LogP contribution in [-0.2, 0) is 23.8 Å². The van der Waals surface area contributed by atoms with Crippen molar-refractivity contribution in [2.45, 2.75) is 152 Å². The molecule has 1 saturated heterocycles. The minimum Gasteiger partial charge on any atom is -0.379 e.